The summed E-state index contributed by atoms with van der Waals surface area (Å²) in [6.07, 6.45) is 4.12. The maximum atomic E-state index is 13.0. The fourth-order valence-corrected chi connectivity index (χ4v) is 4.01. The maximum Gasteiger partial charge on any atom is 0.267 e. The van der Waals surface area contributed by atoms with Crippen LogP contribution in [0.25, 0.3) is 11.7 Å². The molecule has 1 aliphatic heterocycles. The molecule has 1 fully saturated rings. The Morgan fingerprint density at radius 2 is 2.11 bits per heavy atom. The van der Waals surface area contributed by atoms with Gasteiger partial charge in [0.1, 0.15) is 15.8 Å². The molecule has 2 aromatic rings. The zero-order valence-corrected chi connectivity index (χ0v) is 17.2. The van der Waals surface area contributed by atoms with Gasteiger partial charge in [0.2, 0.25) is 0 Å². The predicted octanol–water partition coefficient (Wildman–Crippen LogP) is 3.37. The summed E-state index contributed by atoms with van der Waals surface area (Å²) in [6, 6.07) is 5.40. The maximum absolute atomic E-state index is 13.0. The number of amides is 1. The van der Waals surface area contributed by atoms with E-state index in [9.17, 15) is 9.59 Å². The van der Waals surface area contributed by atoms with Crippen molar-refractivity contribution in [2.45, 2.75) is 27.2 Å². The minimum Gasteiger partial charge on any atom is -0.369 e. The zero-order chi connectivity index (χ0) is 19.6. The van der Waals surface area contributed by atoms with Crippen molar-refractivity contribution in [3.8, 4) is 0 Å². The van der Waals surface area contributed by atoms with E-state index in [-0.39, 0.29) is 11.5 Å². The highest BCUT2D eigenvalue weighted by atomic mass is 32.2. The zero-order valence-electron chi connectivity index (χ0n) is 15.6. The number of thiocarbonyl (C=S) groups is 1. The molecule has 0 aliphatic carbocycles. The molecule has 0 unspecified atom stereocenters. The van der Waals surface area contributed by atoms with Crippen molar-refractivity contribution in [2.24, 2.45) is 5.92 Å². The quantitative estimate of drug-likeness (QED) is 0.590. The summed E-state index contributed by atoms with van der Waals surface area (Å²) in [6.45, 7) is 7.41. The Labute approximate surface area is 167 Å². The summed E-state index contributed by atoms with van der Waals surface area (Å²) in [5.41, 5.74) is 0.716. The Balaban J connectivity index is 2.10. The molecule has 8 heteroatoms. The Bertz CT molecular complexity index is 981. The summed E-state index contributed by atoms with van der Waals surface area (Å²) in [5, 5.41) is 3.25. The molecule has 1 aliphatic rings. The molecule has 0 bridgehead atoms. The van der Waals surface area contributed by atoms with Crippen LogP contribution in [0.15, 0.2) is 34.1 Å². The second-order valence-electron chi connectivity index (χ2n) is 6.72. The van der Waals surface area contributed by atoms with Crippen molar-refractivity contribution in [3.63, 3.8) is 0 Å². The third-order valence-electron chi connectivity index (χ3n) is 4.04. The van der Waals surface area contributed by atoms with Gasteiger partial charge in [0.15, 0.2) is 0 Å². The molecular formula is C19H22N4O2S2. The summed E-state index contributed by atoms with van der Waals surface area (Å²) < 4.78 is 2.01. The topological polar surface area (TPSA) is 66.7 Å². The number of pyridine rings is 1. The second kappa shape index (κ2) is 8.22. The van der Waals surface area contributed by atoms with Crippen LogP contribution in [-0.4, -0.2) is 37.6 Å². The summed E-state index contributed by atoms with van der Waals surface area (Å²) in [4.78, 5) is 32.3. The first-order chi connectivity index (χ1) is 12.9. The van der Waals surface area contributed by atoms with E-state index in [1.165, 1.54) is 16.2 Å². The van der Waals surface area contributed by atoms with Gasteiger partial charge in [-0.3, -0.25) is 18.9 Å². The average molecular weight is 403 g/mol. The minimum absolute atomic E-state index is 0.154. The molecule has 27 heavy (non-hydrogen) atoms. The average Bonchev–Trinajstić information content (AvgIpc) is 2.90. The highest BCUT2D eigenvalue weighted by Gasteiger charge is 2.31. The second-order valence-corrected chi connectivity index (χ2v) is 8.39. The molecule has 0 radical (unpaired) electrons. The van der Waals surface area contributed by atoms with Crippen molar-refractivity contribution in [3.05, 3.63) is 45.2 Å². The van der Waals surface area contributed by atoms with Crippen LogP contribution < -0.4 is 10.9 Å². The van der Waals surface area contributed by atoms with Crippen LogP contribution in [0.5, 0.6) is 0 Å². The van der Waals surface area contributed by atoms with Gasteiger partial charge in [-0.1, -0.05) is 50.8 Å². The number of hydrogen-bond donors (Lipinski definition) is 1. The monoisotopic (exact) mass is 402 g/mol. The van der Waals surface area contributed by atoms with E-state index in [1.54, 1.807) is 29.3 Å². The van der Waals surface area contributed by atoms with Gasteiger partial charge in [-0.05, 0) is 30.5 Å². The van der Waals surface area contributed by atoms with Crippen LogP contribution in [0, 0.1) is 5.92 Å². The van der Waals surface area contributed by atoms with E-state index in [1.807, 2.05) is 13.0 Å². The van der Waals surface area contributed by atoms with Gasteiger partial charge < -0.3 is 5.32 Å². The SMILES string of the molecule is CCCN1C(=O)/C(=C\c2c(NCC(C)C)nc3ccccn3c2=O)SC1=S. The summed E-state index contributed by atoms with van der Waals surface area (Å²) in [7, 11) is 0. The Morgan fingerprint density at radius 3 is 2.81 bits per heavy atom. The van der Waals surface area contributed by atoms with Gasteiger partial charge in [0, 0.05) is 19.3 Å². The number of nitrogens with one attached hydrogen (secondary N) is 1. The third kappa shape index (κ3) is 4.06. The molecule has 2 aromatic heterocycles. The Hall–Kier alpha value is -2.19. The molecule has 3 rings (SSSR count). The lowest BCUT2D eigenvalue weighted by Crippen LogP contribution is -2.28. The molecule has 6 nitrogen and oxygen atoms in total. The van der Waals surface area contributed by atoms with Crippen LogP contribution in [0.4, 0.5) is 5.82 Å². The molecule has 0 spiro atoms. The van der Waals surface area contributed by atoms with E-state index < -0.39 is 0 Å². The number of anilines is 1. The molecule has 0 aromatic carbocycles. The Morgan fingerprint density at radius 1 is 1.33 bits per heavy atom. The van der Waals surface area contributed by atoms with Crippen LogP contribution >= 0.6 is 24.0 Å². The molecule has 0 saturated carbocycles. The lowest BCUT2D eigenvalue weighted by atomic mass is 10.2. The van der Waals surface area contributed by atoms with Gasteiger partial charge in [0.25, 0.3) is 11.5 Å². The number of rotatable bonds is 6. The van der Waals surface area contributed by atoms with E-state index in [0.29, 0.717) is 45.3 Å². The number of carbonyl (C=O) groups excluding carboxylic acids is 1. The van der Waals surface area contributed by atoms with Gasteiger partial charge in [-0.25, -0.2) is 4.98 Å². The molecule has 142 valence electrons. The first-order valence-electron chi connectivity index (χ1n) is 8.93. The smallest absolute Gasteiger partial charge is 0.267 e. The predicted molar refractivity (Wildman–Crippen MR) is 115 cm³/mol. The van der Waals surface area contributed by atoms with Crippen molar-refractivity contribution < 1.29 is 4.79 Å². The van der Waals surface area contributed by atoms with Crippen LogP contribution in [0.3, 0.4) is 0 Å². The fraction of sp³-hybridized carbons (Fsp3) is 0.368. The number of aromatic nitrogens is 2. The Kier molecular flexibility index (Phi) is 5.96. The van der Waals surface area contributed by atoms with Crippen molar-refractivity contribution in [2.75, 3.05) is 18.4 Å². The van der Waals surface area contributed by atoms with Gasteiger partial charge >= 0.3 is 0 Å². The molecule has 1 amide bonds. The minimum atomic E-state index is -0.215. The first-order valence-corrected chi connectivity index (χ1v) is 10.2. The molecule has 1 N–H and O–H groups in total. The van der Waals surface area contributed by atoms with Crippen molar-refractivity contribution in [1.29, 1.82) is 0 Å². The van der Waals surface area contributed by atoms with E-state index in [2.05, 4.69) is 24.1 Å². The molecule has 3 heterocycles. The van der Waals surface area contributed by atoms with Crippen LogP contribution in [0.2, 0.25) is 0 Å². The van der Waals surface area contributed by atoms with Gasteiger partial charge in [0.05, 0.1) is 10.5 Å². The summed E-state index contributed by atoms with van der Waals surface area (Å²) in [5.74, 6) is 0.719. The lowest BCUT2D eigenvalue weighted by Gasteiger charge is -2.13. The molecule has 0 atom stereocenters. The fourth-order valence-electron chi connectivity index (χ4n) is 2.72. The van der Waals surface area contributed by atoms with E-state index >= 15 is 0 Å². The lowest BCUT2D eigenvalue weighted by molar-refractivity contribution is -0.122. The number of thioether (sulfide) groups is 1. The molecule has 1 saturated heterocycles. The van der Waals surface area contributed by atoms with Gasteiger partial charge in [-0.2, -0.15) is 0 Å². The van der Waals surface area contributed by atoms with Crippen molar-refractivity contribution in [1.82, 2.24) is 14.3 Å². The van der Waals surface area contributed by atoms with Gasteiger partial charge in [-0.15, -0.1) is 0 Å². The van der Waals surface area contributed by atoms with Crippen LogP contribution in [-0.2, 0) is 4.79 Å². The normalized spacial score (nSPS) is 16.1. The number of nitrogens with zero attached hydrogens (tertiary/aromatic N) is 3. The van der Waals surface area contributed by atoms with Crippen molar-refractivity contribution >= 4 is 51.7 Å². The van der Waals surface area contributed by atoms with Crippen LogP contribution in [0.1, 0.15) is 32.8 Å². The third-order valence-corrected chi connectivity index (χ3v) is 5.42. The highest BCUT2D eigenvalue weighted by molar-refractivity contribution is 8.26. The highest BCUT2D eigenvalue weighted by Crippen LogP contribution is 2.33. The first kappa shape index (κ1) is 19.6. The van der Waals surface area contributed by atoms with E-state index in [0.717, 1.165) is 6.42 Å². The largest absolute Gasteiger partial charge is 0.369 e. The number of hydrogen-bond acceptors (Lipinski definition) is 6. The molecular weight excluding hydrogens is 380 g/mol. The number of fused-ring (bicyclic) bond motifs is 1. The standard InChI is InChI=1S/C19H22N4O2S2/c1-4-8-23-18(25)14(27-19(23)26)10-13-16(20-11-12(2)3)21-15-7-5-6-9-22(15)17(13)24/h5-7,9-10,12,20H,4,8,11H2,1-3H3/b14-10+. The van der Waals surface area contributed by atoms with E-state index in [4.69, 9.17) is 12.2 Å². The number of carbonyl (C=O) groups is 1. The summed E-state index contributed by atoms with van der Waals surface area (Å²) >= 11 is 6.55.